The maximum Gasteiger partial charge on any atom is 0.507 e. The fourth-order valence-electron chi connectivity index (χ4n) is 5.05. The van der Waals surface area contributed by atoms with Crippen molar-refractivity contribution < 1.29 is 14.6 Å². The Bertz CT molecular complexity index is 1070. The molecule has 2 aliphatic rings. The number of rotatable bonds is 5. The minimum absolute atomic E-state index is 0.439. The predicted molar refractivity (Wildman–Crippen MR) is 125 cm³/mol. The zero-order valence-corrected chi connectivity index (χ0v) is 18.1. The van der Waals surface area contributed by atoms with Gasteiger partial charge in [0, 0.05) is 37.4 Å². The van der Waals surface area contributed by atoms with Gasteiger partial charge in [0.25, 0.3) is 0 Å². The highest BCUT2D eigenvalue weighted by atomic mass is 16.7. The first-order valence-corrected chi connectivity index (χ1v) is 11.3. The van der Waals surface area contributed by atoms with Gasteiger partial charge in [-0.15, -0.1) is 0 Å². The van der Waals surface area contributed by atoms with Crippen LogP contribution in [0.2, 0.25) is 0 Å². The molecule has 2 heterocycles. The number of benzene rings is 3. The second-order valence-electron chi connectivity index (χ2n) is 8.54. The quantitative estimate of drug-likeness (QED) is 0.552. The molecule has 3 aromatic rings. The summed E-state index contributed by atoms with van der Waals surface area (Å²) in [7, 11) is 0. The first-order chi connectivity index (χ1) is 15.7. The summed E-state index contributed by atoms with van der Waals surface area (Å²) in [5.41, 5.74) is 7.73. The van der Waals surface area contributed by atoms with E-state index in [1.54, 1.807) is 0 Å². The van der Waals surface area contributed by atoms with Crippen molar-refractivity contribution in [3.8, 4) is 0 Å². The van der Waals surface area contributed by atoms with Crippen molar-refractivity contribution in [3.05, 3.63) is 95.1 Å². The van der Waals surface area contributed by atoms with E-state index in [2.05, 4.69) is 70.5 Å². The van der Waals surface area contributed by atoms with Gasteiger partial charge in [0.15, 0.2) is 6.23 Å². The van der Waals surface area contributed by atoms with E-state index >= 15 is 0 Å². The van der Waals surface area contributed by atoms with Crippen LogP contribution >= 0.6 is 0 Å². The van der Waals surface area contributed by atoms with E-state index in [0.717, 1.165) is 32.4 Å². The summed E-state index contributed by atoms with van der Waals surface area (Å²) in [5, 5.41) is 9.25. The molecule has 0 saturated carbocycles. The number of carboxylic acid groups (broad SMARTS) is 1. The fraction of sp³-hybridized carbons (Fsp3) is 0.296. The van der Waals surface area contributed by atoms with E-state index < -0.39 is 12.4 Å². The van der Waals surface area contributed by atoms with Crippen LogP contribution < -0.4 is 4.90 Å². The Hall–Kier alpha value is -3.31. The number of anilines is 2. The molecule has 164 valence electrons. The van der Waals surface area contributed by atoms with E-state index in [-0.39, 0.29) is 0 Å². The Morgan fingerprint density at radius 2 is 1.38 bits per heavy atom. The second-order valence-corrected chi connectivity index (χ2v) is 8.54. The van der Waals surface area contributed by atoms with Crippen molar-refractivity contribution in [2.24, 2.45) is 0 Å². The number of hydrogen-bond donors (Lipinski definition) is 1. The standard InChI is InChI=1S/C27H28N2O3/c30-27(31)32-26-18-22-10-1-2-11-23(22)19-28(26)16-7-17-29-24-12-5-3-8-20(24)14-15-21-9-4-6-13-25(21)29/h1-6,8-13,26H,7,14-19H2,(H,30,31). The van der Waals surface area contributed by atoms with Gasteiger partial charge in [0.1, 0.15) is 0 Å². The van der Waals surface area contributed by atoms with Crippen LogP contribution in [0, 0.1) is 0 Å². The molecule has 1 unspecified atom stereocenters. The molecule has 0 radical (unpaired) electrons. The van der Waals surface area contributed by atoms with Crippen molar-refractivity contribution in [3.63, 3.8) is 0 Å². The number of aryl methyl sites for hydroxylation is 2. The third-order valence-electron chi connectivity index (χ3n) is 6.59. The lowest BCUT2D eigenvalue weighted by atomic mass is 9.98. The Morgan fingerprint density at radius 1 is 0.812 bits per heavy atom. The zero-order valence-electron chi connectivity index (χ0n) is 18.1. The van der Waals surface area contributed by atoms with Crippen LogP contribution in [-0.4, -0.2) is 35.5 Å². The van der Waals surface area contributed by atoms with Gasteiger partial charge in [-0.3, -0.25) is 4.90 Å². The third kappa shape index (κ3) is 4.21. The monoisotopic (exact) mass is 428 g/mol. The molecule has 0 bridgehead atoms. The average Bonchev–Trinajstić information content (AvgIpc) is 2.96. The van der Waals surface area contributed by atoms with Gasteiger partial charge in [0.05, 0.1) is 0 Å². The maximum atomic E-state index is 11.3. The Balaban J connectivity index is 1.35. The van der Waals surface area contributed by atoms with E-state index in [1.807, 2.05) is 12.1 Å². The van der Waals surface area contributed by atoms with Gasteiger partial charge in [0.2, 0.25) is 0 Å². The van der Waals surface area contributed by atoms with Crippen LogP contribution in [0.25, 0.3) is 0 Å². The molecule has 5 heteroatoms. The summed E-state index contributed by atoms with van der Waals surface area (Å²) in [6.07, 6.45) is 1.94. The number of carbonyl (C=O) groups is 1. The number of nitrogens with zero attached hydrogens (tertiary/aromatic N) is 2. The number of para-hydroxylation sites is 2. The molecule has 2 aliphatic heterocycles. The fourth-order valence-corrected chi connectivity index (χ4v) is 5.05. The van der Waals surface area contributed by atoms with Crippen LogP contribution in [0.4, 0.5) is 16.2 Å². The summed E-state index contributed by atoms with van der Waals surface area (Å²) in [5.74, 6) is 0. The third-order valence-corrected chi connectivity index (χ3v) is 6.59. The van der Waals surface area contributed by atoms with Crippen LogP contribution in [0.15, 0.2) is 72.8 Å². The van der Waals surface area contributed by atoms with Gasteiger partial charge >= 0.3 is 6.16 Å². The molecule has 1 atom stereocenters. The maximum absolute atomic E-state index is 11.3. The van der Waals surface area contributed by atoms with Gasteiger partial charge in [-0.05, 0) is 53.6 Å². The minimum atomic E-state index is -1.21. The van der Waals surface area contributed by atoms with Crippen molar-refractivity contribution in [1.29, 1.82) is 0 Å². The van der Waals surface area contributed by atoms with Crippen LogP contribution in [0.1, 0.15) is 28.7 Å². The molecule has 0 aliphatic carbocycles. The van der Waals surface area contributed by atoms with Gasteiger partial charge in [-0.2, -0.15) is 0 Å². The van der Waals surface area contributed by atoms with Crippen molar-refractivity contribution in [1.82, 2.24) is 4.90 Å². The van der Waals surface area contributed by atoms with E-state index in [0.29, 0.717) is 13.0 Å². The lowest BCUT2D eigenvalue weighted by molar-refractivity contribution is -0.0454. The van der Waals surface area contributed by atoms with Crippen LogP contribution in [-0.2, 0) is 30.5 Å². The highest BCUT2D eigenvalue weighted by molar-refractivity contribution is 5.71. The molecule has 0 amide bonds. The lowest BCUT2D eigenvalue weighted by Crippen LogP contribution is -2.44. The molecular formula is C27H28N2O3. The Labute approximate surface area is 188 Å². The van der Waals surface area contributed by atoms with Crippen molar-refractivity contribution in [2.45, 2.75) is 38.5 Å². The molecule has 3 aromatic carbocycles. The Kier molecular flexibility index (Phi) is 5.82. The van der Waals surface area contributed by atoms with E-state index in [9.17, 15) is 9.90 Å². The summed E-state index contributed by atoms with van der Waals surface area (Å²) < 4.78 is 5.26. The molecule has 5 nitrogen and oxygen atoms in total. The van der Waals surface area contributed by atoms with Gasteiger partial charge in [-0.25, -0.2) is 4.79 Å². The second kappa shape index (κ2) is 9.05. The largest absolute Gasteiger partial charge is 0.507 e. The molecule has 5 rings (SSSR count). The summed E-state index contributed by atoms with van der Waals surface area (Å²) in [6.45, 7) is 2.35. The normalized spacial score (nSPS) is 17.6. The topological polar surface area (TPSA) is 53.0 Å². The van der Waals surface area contributed by atoms with Crippen LogP contribution in [0.3, 0.4) is 0 Å². The molecule has 32 heavy (non-hydrogen) atoms. The van der Waals surface area contributed by atoms with Gasteiger partial charge < -0.3 is 14.7 Å². The summed E-state index contributed by atoms with van der Waals surface area (Å²) in [6, 6.07) is 25.6. The lowest BCUT2D eigenvalue weighted by Gasteiger charge is -2.36. The average molecular weight is 429 g/mol. The van der Waals surface area contributed by atoms with Crippen molar-refractivity contribution >= 4 is 17.5 Å². The summed E-state index contributed by atoms with van der Waals surface area (Å²) >= 11 is 0. The van der Waals surface area contributed by atoms with Gasteiger partial charge in [-0.1, -0.05) is 60.7 Å². The molecule has 1 N–H and O–H groups in total. The number of ether oxygens (including phenoxy) is 1. The SMILES string of the molecule is O=C(O)OC1Cc2ccccc2CN1CCCN1c2ccccc2CCc2ccccc21. The smallest absolute Gasteiger partial charge is 0.450 e. The summed E-state index contributed by atoms with van der Waals surface area (Å²) in [4.78, 5) is 15.9. The number of fused-ring (bicyclic) bond motifs is 3. The minimum Gasteiger partial charge on any atom is -0.450 e. The first-order valence-electron chi connectivity index (χ1n) is 11.3. The molecule has 0 saturated heterocycles. The highest BCUT2D eigenvalue weighted by Crippen LogP contribution is 2.36. The number of hydrogen-bond acceptors (Lipinski definition) is 4. The first kappa shape index (κ1) is 20.6. The molecule has 0 aromatic heterocycles. The van der Waals surface area contributed by atoms with E-state index in [1.165, 1.54) is 33.6 Å². The van der Waals surface area contributed by atoms with Crippen LogP contribution in [0.5, 0.6) is 0 Å². The molecular weight excluding hydrogens is 400 g/mol. The van der Waals surface area contributed by atoms with Crippen molar-refractivity contribution in [2.75, 3.05) is 18.0 Å². The molecule has 0 spiro atoms. The highest BCUT2D eigenvalue weighted by Gasteiger charge is 2.29. The van der Waals surface area contributed by atoms with E-state index in [4.69, 9.17) is 4.74 Å². The zero-order chi connectivity index (χ0) is 21.9. The predicted octanol–water partition coefficient (Wildman–Crippen LogP) is 5.39. The Morgan fingerprint density at radius 3 is 2.00 bits per heavy atom. The molecule has 0 fully saturated rings.